The highest BCUT2D eigenvalue weighted by Crippen LogP contribution is 2.31. The number of amides is 1. The normalized spacial score (nSPS) is 16.8. The summed E-state index contributed by atoms with van der Waals surface area (Å²) >= 11 is 0. The minimum absolute atomic E-state index is 0.0458. The summed E-state index contributed by atoms with van der Waals surface area (Å²) in [5.74, 6) is -0.0458. The van der Waals surface area contributed by atoms with E-state index >= 15 is 0 Å². The molecule has 2 aromatic carbocycles. The van der Waals surface area contributed by atoms with Gasteiger partial charge in [0.1, 0.15) is 0 Å². The topological polar surface area (TPSA) is 58.2 Å². The Hall–Kier alpha value is -2.88. The number of hydrogen-bond donors (Lipinski definition) is 2. The van der Waals surface area contributed by atoms with Crippen LogP contribution < -0.4 is 10.6 Å². The minimum Gasteiger partial charge on any atom is -0.379 e. The lowest BCUT2D eigenvalue weighted by atomic mass is 9.85. The Balaban J connectivity index is 2.04. The van der Waals surface area contributed by atoms with E-state index in [-0.39, 0.29) is 11.3 Å². The highest BCUT2D eigenvalue weighted by Gasteiger charge is 2.28. The van der Waals surface area contributed by atoms with Crippen LogP contribution in [0.15, 0.2) is 54.6 Å². The predicted octanol–water partition coefficient (Wildman–Crippen LogP) is 3.40. The van der Waals surface area contributed by atoms with Crippen molar-refractivity contribution in [3.8, 4) is 0 Å². The van der Waals surface area contributed by atoms with Crippen LogP contribution in [0.25, 0.3) is 5.70 Å². The summed E-state index contributed by atoms with van der Waals surface area (Å²) in [5.41, 5.74) is 4.11. The molecule has 0 aliphatic carbocycles. The van der Waals surface area contributed by atoms with Gasteiger partial charge in [0.15, 0.2) is 5.78 Å². The van der Waals surface area contributed by atoms with Crippen molar-refractivity contribution in [2.75, 3.05) is 5.32 Å². The summed E-state index contributed by atoms with van der Waals surface area (Å²) < 4.78 is 0. The van der Waals surface area contributed by atoms with Crippen LogP contribution in [0, 0.1) is 0 Å². The van der Waals surface area contributed by atoms with Crippen molar-refractivity contribution in [1.29, 1.82) is 0 Å². The number of rotatable bonds is 4. The summed E-state index contributed by atoms with van der Waals surface area (Å²) in [6, 6.07) is 15.0. The molecule has 24 heavy (non-hydrogen) atoms. The summed E-state index contributed by atoms with van der Waals surface area (Å²) in [6.45, 7) is 4.21. The van der Waals surface area contributed by atoms with Crippen molar-refractivity contribution in [3.63, 3.8) is 0 Å². The van der Waals surface area contributed by atoms with Gasteiger partial charge in [-0.3, -0.25) is 9.59 Å². The Kier molecular flexibility index (Phi) is 4.21. The van der Waals surface area contributed by atoms with Gasteiger partial charge in [0.2, 0.25) is 6.41 Å². The number of carbonyl (C=O) groups excluding carboxylic acids is 2. The van der Waals surface area contributed by atoms with Crippen molar-refractivity contribution in [1.82, 2.24) is 5.32 Å². The summed E-state index contributed by atoms with van der Waals surface area (Å²) in [6.07, 6.45) is 3.14. The van der Waals surface area contributed by atoms with Crippen molar-refractivity contribution in [2.24, 2.45) is 0 Å². The molecule has 2 aromatic rings. The molecule has 1 aliphatic heterocycles. The first-order valence-electron chi connectivity index (χ1n) is 7.91. The lowest BCUT2D eigenvalue weighted by Crippen LogP contribution is -2.43. The highest BCUT2D eigenvalue weighted by atomic mass is 16.1. The standard InChI is InChI=1S/C20H20N2O2/c1-20(2)12-15-8-9-16(21-13-23)10-17(15)18(22-20)11-19(24)14-6-4-3-5-7-14/h3-11,13,22H,12H2,1-2H3,(H,21,23)/b18-11-. The molecule has 0 saturated heterocycles. The molecule has 0 atom stereocenters. The third-order valence-electron chi connectivity index (χ3n) is 4.06. The number of benzene rings is 2. The van der Waals surface area contributed by atoms with Gasteiger partial charge in [-0.25, -0.2) is 0 Å². The Morgan fingerprint density at radius 1 is 1.17 bits per heavy atom. The van der Waals surface area contributed by atoms with E-state index in [1.165, 1.54) is 0 Å². The van der Waals surface area contributed by atoms with E-state index in [9.17, 15) is 9.59 Å². The second kappa shape index (κ2) is 6.32. The van der Waals surface area contributed by atoms with Gasteiger partial charge in [0.25, 0.3) is 0 Å². The predicted molar refractivity (Wildman–Crippen MR) is 95.8 cm³/mol. The molecule has 4 nitrogen and oxygen atoms in total. The fourth-order valence-electron chi connectivity index (χ4n) is 3.02. The molecule has 2 N–H and O–H groups in total. The fraction of sp³-hybridized carbons (Fsp3) is 0.200. The van der Waals surface area contributed by atoms with E-state index in [4.69, 9.17) is 0 Å². The van der Waals surface area contributed by atoms with E-state index in [0.29, 0.717) is 17.7 Å². The molecule has 0 bridgehead atoms. The van der Waals surface area contributed by atoms with Gasteiger partial charge in [-0.15, -0.1) is 0 Å². The number of ketones is 1. The highest BCUT2D eigenvalue weighted by molar-refractivity contribution is 6.08. The average Bonchev–Trinajstić information content (AvgIpc) is 2.55. The van der Waals surface area contributed by atoms with Gasteiger partial charge in [0, 0.05) is 34.1 Å². The maximum Gasteiger partial charge on any atom is 0.211 e. The minimum atomic E-state index is -0.143. The van der Waals surface area contributed by atoms with Crippen LogP contribution in [0.2, 0.25) is 0 Å². The Bertz CT molecular complexity index is 808. The van der Waals surface area contributed by atoms with Gasteiger partial charge >= 0.3 is 0 Å². The molecule has 0 spiro atoms. The Morgan fingerprint density at radius 3 is 2.62 bits per heavy atom. The molecular weight excluding hydrogens is 300 g/mol. The molecule has 0 saturated carbocycles. The van der Waals surface area contributed by atoms with Gasteiger partial charge in [0.05, 0.1) is 0 Å². The maximum absolute atomic E-state index is 12.6. The summed E-state index contributed by atoms with van der Waals surface area (Å²) in [4.78, 5) is 23.3. The zero-order valence-corrected chi connectivity index (χ0v) is 13.8. The molecular formula is C20H20N2O2. The second-order valence-corrected chi connectivity index (χ2v) is 6.61. The number of allylic oxidation sites excluding steroid dienone is 1. The van der Waals surface area contributed by atoms with Crippen LogP contribution in [0.4, 0.5) is 5.69 Å². The lowest BCUT2D eigenvalue weighted by Gasteiger charge is -2.35. The zero-order chi connectivity index (χ0) is 17.2. The van der Waals surface area contributed by atoms with Crippen LogP contribution in [-0.4, -0.2) is 17.7 Å². The SMILES string of the molecule is CC1(C)Cc2ccc(NC=O)cc2/C(=C/C(=O)c2ccccc2)N1. The number of hydrogen-bond acceptors (Lipinski definition) is 3. The van der Waals surface area contributed by atoms with Gasteiger partial charge < -0.3 is 10.6 Å². The third kappa shape index (κ3) is 3.38. The molecule has 4 heteroatoms. The first-order valence-corrected chi connectivity index (χ1v) is 7.91. The zero-order valence-electron chi connectivity index (χ0n) is 13.8. The van der Waals surface area contributed by atoms with Crippen molar-refractivity contribution < 1.29 is 9.59 Å². The van der Waals surface area contributed by atoms with Crippen molar-refractivity contribution >= 4 is 23.6 Å². The molecule has 1 aliphatic rings. The number of nitrogens with one attached hydrogen (secondary N) is 2. The largest absolute Gasteiger partial charge is 0.379 e. The van der Waals surface area contributed by atoms with E-state index in [2.05, 4.69) is 24.5 Å². The van der Waals surface area contributed by atoms with Crippen molar-refractivity contribution in [2.45, 2.75) is 25.8 Å². The molecule has 0 aromatic heterocycles. The molecule has 0 unspecified atom stereocenters. The molecule has 1 amide bonds. The first-order chi connectivity index (χ1) is 11.5. The Labute approximate surface area is 141 Å². The van der Waals surface area contributed by atoms with Gasteiger partial charge in [-0.2, -0.15) is 0 Å². The van der Waals surface area contributed by atoms with E-state index in [0.717, 1.165) is 23.2 Å². The molecule has 0 radical (unpaired) electrons. The monoisotopic (exact) mass is 320 g/mol. The second-order valence-electron chi connectivity index (χ2n) is 6.61. The third-order valence-corrected chi connectivity index (χ3v) is 4.06. The fourth-order valence-corrected chi connectivity index (χ4v) is 3.02. The molecule has 3 rings (SSSR count). The van der Waals surface area contributed by atoms with Gasteiger partial charge in [-0.05, 0) is 38.0 Å². The average molecular weight is 320 g/mol. The summed E-state index contributed by atoms with van der Waals surface area (Å²) in [7, 11) is 0. The number of carbonyl (C=O) groups is 2. The molecule has 1 heterocycles. The Morgan fingerprint density at radius 2 is 1.92 bits per heavy atom. The summed E-state index contributed by atoms with van der Waals surface area (Å²) in [5, 5.41) is 6.11. The van der Waals surface area contributed by atoms with Crippen LogP contribution >= 0.6 is 0 Å². The van der Waals surface area contributed by atoms with E-state index < -0.39 is 0 Å². The van der Waals surface area contributed by atoms with E-state index in [1.807, 2.05) is 36.4 Å². The van der Waals surface area contributed by atoms with Crippen LogP contribution in [0.5, 0.6) is 0 Å². The molecule has 122 valence electrons. The maximum atomic E-state index is 12.6. The lowest BCUT2D eigenvalue weighted by molar-refractivity contribution is -0.105. The van der Waals surface area contributed by atoms with Crippen LogP contribution in [-0.2, 0) is 11.2 Å². The smallest absolute Gasteiger partial charge is 0.211 e. The van der Waals surface area contributed by atoms with Crippen LogP contribution in [0.3, 0.4) is 0 Å². The van der Waals surface area contributed by atoms with Crippen molar-refractivity contribution in [3.05, 3.63) is 71.3 Å². The van der Waals surface area contributed by atoms with Crippen LogP contribution in [0.1, 0.15) is 35.3 Å². The first kappa shape index (κ1) is 16.0. The van der Waals surface area contributed by atoms with Gasteiger partial charge in [-0.1, -0.05) is 36.4 Å². The molecule has 0 fully saturated rings. The quantitative estimate of drug-likeness (QED) is 0.516. The number of fused-ring (bicyclic) bond motifs is 1. The van der Waals surface area contributed by atoms with E-state index in [1.54, 1.807) is 18.2 Å². The number of anilines is 1.